The standard InChI is InChI=1S/C15H21N3O5S/c1-15(2,3)23-14(19)22-12-10(20-4)6-9(7-11(12)21-5)8-17-18-13(16)24/h6-8H,1-5H3,(H3,16,18,24). The van der Waals surface area contributed by atoms with Gasteiger partial charge in [0, 0.05) is 5.56 Å². The summed E-state index contributed by atoms with van der Waals surface area (Å²) in [6, 6.07) is 3.21. The Labute approximate surface area is 145 Å². The van der Waals surface area contributed by atoms with Crippen molar-refractivity contribution in [3.05, 3.63) is 17.7 Å². The molecule has 0 amide bonds. The van der Waals surface area contributed by atoms with E-state index in [4.69, 9.17) is 24.7 Å². The van der Waals surface area contributed by atoms with Crippen LogP contribution in [0, 0.1) is 0 Å². The number of carbonyl (C=O) groups excluding carboxylic acids is 1. The topological polar surface area (TPSA) is 104 Å². The predicted octanol–water partition coefficient (Wildman–Crippen LogP) is 2.18. The number of benzene rings is 1. The molecule has 0 aliphatic rings. The molecular formula is C15H21N3O5S. The number of nitrogens with one attached hydrogen (secondary N) is 1. The van der Waals surface area contributed by atoms with Gasteiger partial charge in [-0.25, -0.2) is 4.79 Å². The Morgan fingerprint density at radius 1 is 1.25 bits per heavy atom. The zero-order valence-corrected chi connectivity index (χ0v) is 15.0. The van der Waals surface area contributed by atoms with Crippen molar-refractivity contribution in [2.24, 2.45) is 10.8 Å². The molecule has 0 heterocycles. The minimum absolute atomic E-state index is 0.0371. The number of methoxy groups -OCH3 is 2. The second kappa shape index (κ2) is 8.34. The zero-order chi connectivity index (χ0) is 18.3. The minimum atomic E-state index is -0.865. The molecule has 9 heteroatoms. The molecule has 1 rings (SSSR count). The van der Waals surface area contributed by atoms with Crippen LogP contribution in [0.3, 0.4) is 0 Å². The molecule has 1 aromatic carbocycles. The first-order valence-electron chi connectivity index (χ1n) is 6.91. The molecule has 0 bridgehead atoms. The number of thiocarbonyl (C=S) groups is 1. The smallest absolute Gasteiger partial charge is 0.493 e. The van der Waals surface area contributed by atoms with Gasteiger partial charge >= 0.3 is 6.16 Å². The Hall–Kier alpha value is -2.55. The maximum Gasteiger partial charge on any atom is 0.514 e. The van der Waals surface area contributed by atoms with Crippen LogP contribution in [0.1, 0.15) is 26.3 Å². The van der Waals surface area contributed by atoms with Gasteiger partial charge in [-0.1, -0.05) is 0 Å². The van der Waals surface area contributed by atoms with Gasteiger partial charge in [0.2, 0.25) is 5.75 Å². The summed E-state index contributed by atoms with van der Waals surface area (Å²) in [6.07, 6.45) is 0.595. The van der Waals surface area contributed by atoms with E-state index >= 15 is 0 Å². The van der Waals surface area contributed by atoms with Gasteiger partial charge in [0.05, 0.1) is 20.4 Å². The Balaban J connectivity index is 3.09. The van der Waals surface area contributed by atoms with Gasteiger partial charge in [-0.05, 0) is 45.1 Å². The maximum absolute atomic E-state index is 11.9. The van der Waals surface area contributed by atoms with E-state index < -0.39 is 11.8 Å². The van der Waals surface area contributed by atoms with Crippen molar-refractivity contribution in [1.29, 1.82) is 0 Å². The van der Waals surface area contributed by atoms with Crippen LogP contribution in [0.2, 0.25) is 0 Å². The van der Waals surface area contributed by atoms with Crippen LogP contribution in [0.15, 0.2) is 17.2 Å². The normalized spacial score (nSPS) is 11.0. The molecule has 132 valence electrons. The predicted molar refractivity (Wildman–Crippen MR) is 93.9 cm³/mol. The summed E-state index contributed by atoms with van der Waals surface area (Å²) >= 11 is 4.65. The van der Waals surface area contributed by atoms with Crippen LogP contribution in [0.4, 0.5) is 4.79 Å². The molecule has 0 saturated carbocycles. The maximum atomic E-state index is 11.9. The van der Waals surface area contributed by atoms with Gasteiger partial charge in [-0.3, -0.25) is 5.43 Å². The molecule has 0 spiro atoms. The number of nitrogens with two attached hydrogens (primary N) is 1. The highest BCUT2D eigenvalue weighted by Crippen LogP contribution is 2.38. The quantitative estimate of drug-likeness (QED) is 0.272. The monoisotopic (exact) mass is 355 g/mol. The summed E-state index contributed by atoms with van der Waals surface area (Å²) in [5.41, 5.74) is 7.65. The van der Waals surface area contributed by atoms with Crippen LogP contribution in [0.5, 0.6) is 17.2 Å². The fraction of sp³-hybridized carbons (Fsp3) is 0.400. The van der Waals surface area contributed by atoms with Gasteiger partial charge in [-0.2, -0.15) is 5.10 Å². The fourth-order valence-electron chi connectivity index (χ4n) is 1.60. The molecular weight excluding hydrogens is 334 g/mol. The third kappa shape index (κ3) is 6.29. The molecule has 1 aromatic rings. The van der Waals surface area contributed by atoms with Crippen LogP contribution in [0.25, 0.3) is 0 Å². The molecule has 0 aliphatic carbocycles. The van der Waals surface area contributed by atoms with Gasteiger partial charge in [0.25, 0.3) is 0 Å². The lowest BCUT2D eigenvalue weighted by molar-refractivity contribution is 0.0195. The third-order valence-electron chi connectivity index (χ3n) is 2.45. The van der Waals surface area contributed by atoms with Crippen molar-refractivity contribution < 1.29 is 23.7 Å². The first-order chi connectivity index (χ1) is 11.2. The largest absolute Gasteiger partial charge is 0.514 e. The molecule has 0 unspecified atom stereocenters. The first kappa shape index (κ1) is 19.5. The lowest BCUT2D eigenvalue weighted by Gasteiger charge is -2.20. The lowest BCUT2D eigenvalue weighted by atomic mass is 10.2. The van der Waals surface area contributed by atoms with Gasteiger partial charge in [0.15, 0.2) is 16.6 Å². The molecule has 0 radical (unpaired) electrons. The molecule has 3 N–H and O–H groups in total. The highest BCUT2D eigenvalue weighted by molar-refractivity contribution is 7.80. The number of nitrogens with zero attached hydrogens (tertiary/aromatic N) is 1. The van der Waals surface area contributed by atoms with E-state index in [2.05, 4.69) is 22.7 Å². The molecule has 24 heavy (non-hydrogen) atoms. The van der Waals surface area contributed by atoms with Crippen molar-refractivity contribution >= 4 is 29.7 Å². The van der Waals surface area contributed by atoms with Crippen molar-refractivity contribution in [2.45, 2.75) is 26.4 Å². The second-order valence-electron chi connectivity index (χ2n) is 5.56. The van der Waals surface area contributed by atoms with E-state index in [9.17, 15) is 4.79 Å². The lowest BCUT2D eigenvalue weighted by Crippen LogP contribution is -2.26. The summed E-state index contributed by atoms with van der Waals surface area (Å²) < 4.78 is 20.8. The Bertz CT molecular complexity index is 615. The van der Waals surface area contributed by atoms with E-state index in [0.29, 0.717) is 5.56 Å². The van der Waals surface area contributed by atoms with E-state index in [1.54, 1.807) is 32.9 Å². The summed E-state index contributed by atoms with van der Waals surface area (Å²) in [7, 11) is 2.87. The Morgan fingerprint density at radius 3 is 2.21 bits per heavy atom. The van der Waals surface area contributed by atoms with Crippen molar-refractivity contribution in [2.75, 3.05) is 14.2 Å². The minimum Gasteiger partial charge on any atom is -0.493 e. The summed E-state index contributed by atoms with van der Waals surface area (Å²) in [5.74, 6) is 0.655. The average molecular weight is 355 g/mol. The van der Waals surface area contributed by atoms with E-state index in [1.807, 2.05) is 0 Å². The van der Waals surface area contributed by atoms with Gasteiger partial charge in [0.1, 0.15) is 5.60 Å². The second-order valence-corrected chi connectivity index (χ2v) is 6.00. The summed E-state index contributed by atoms with van der Waals surface area (Å²) in [6.45, 7) is 5.20. The molecule has 0 aromatic heterocycles. The number of rotatable bonds is 5. The van der Waals surface area contributed by atoms with E-state index in [-0.39, 0.29) is 22.4 Å². The van der Waals surface area contributed by atoms with Crippen molar-refractivity contribution in [3.63, 3.8) is 0 Å². The van der Waals surface area contributed by atoms with Crippen molar-refractivity contribution in [3.8, 4) is 17.2 Å². The Morgan fingerprint density at radius 2 is 1.79 bits per heavy atom. The molecule has 0 fully saturated rings. The van der Waals surface area contributed by atoms with Crippen LogP contribution >= 0.6 is 12.2 Å². The summed E-state index contributed by atoms with van der Waals surface area (Å²) in [4.78, 5) is 11.9. The van der Waals surface area contributed by atoms with Gasteiger partial charge in [-0.15, -0.1) is 0 Å². The van der Waals surface area contributed by atoms with Crippen molar-refractivity contribution in [1.82, 2.24) is 5.43 Å². The van der Waals surface area contributed by atoms with Gasteiger partial charge < -0.3 is 24.7 Å². The Kier molecular flexibility index (Phi) is 6.78. The zero-order valence-electron chi connectivity index (χ0n) is 14.2. The van der Waals surface area contributed by atoms with Crippen LogP contribution < -0.4 is 25.4 Å². The fourth-order valence-corrected chi connectivity index (χ4v) is 1.65. The van der Waals surface area contributed by atoms with E-state index in [0.717, 1.165) is 0 Å². The van der Waals surface area contributed by atoms with Crippen LogP contribution in [-0.4, -0.2) is 37.3 Å². The highest BCUT2D eigenvalue weighted by atomic mass is 32.1. The average Bonchev–Trinajstić information content (AvgIpc) is 2.45. The molecule has 0 saturated heterocycles. The van der Waals surface area contributed by atoms with Crippen LogP contribution in [-0.2, 0) is 4.74 Å². The highest BCUT2D eigenvalue weighted by Gasteiger charge is 2.22. The number of ether oxygens (including phenoxy) is 4. The number of hydrogen-bond acceptors (Lipinski definition) is 7. The number of carbonyl (C=O) groups is 1. The molecule has 8 nitrogen and oxygen atoms in total. The third-order valence-corrected chi connectivity index (χ3v) is 2.54. The number of hydrogen-bond donors (Lipinski definition) is 2. The SMILES string of the molecule is COc1cc(C=NNC(N)=S)cc(OC)c1OC(=O)OC(C)(C)C. The summed E-state index contributed by atoms with van der Waals surface area (Å²) in [5, 5.41) is 3.88. The van der Waals surface area contributed by atoms with E-state index in [1.165, 1.54) is 20.4 Å². The first-order valence-corrected chi connectivity index (χ1v) is 7.32. The number of hydrazone groups is 1. The molecule has 0 atom stereocenters. The molecule has 0 aliphatic heterocycles.